The lowest BCUT2D eigenvalue weighted by atomic mass is 9.84. The Labute approximate surface area is 305 Å². The molecule has 4 aliphatic rings. The molecule has 6 bridgehead atoms. The standard InChI is InChI=1S/C42H46N4O6/c1-44-18-14-28-23-36(48-4)38-24-31(28)33(44)20-26-8-11-29(12-9-26)51-37-22-27(10-13-35(37)47-3)21-34-39-30(15-19-45(34)2)32(25-46-17-7-16-43-46)40(49-5)42(50-6)41(39)52-38/h7-13,16-17,22-24,33-34H,14-15,18-21,25H2,1-6H3/t33-,34-/m0/s1. The SMILES string of the molecule is COc1ccc2cc1Oc1ccc(cc1)C[C@H]1c3cc(c(OC)cc3CCN1C)Oc1c(OC)c(OC)c(Cn3cccn3)c3c1[C@H](C2)N(C)CC3. The van der Waals surface area contributed by atoms with E-state index >= 15 is 0 Å². The molecular weight excluding hydrogens is 656 g/mol. The van der Waals surface area contributed by atoms with Crippen LogP contribution in [0.1, 0.15) is 51.0 Å². The molecule has 0 unspecified atom stereocenters. The van der Waals surface area contributed by atoms with Gasteiger partial charge < -0.3 is 28.4 Å². The van der Waals surface area contributed by atoms with Crippen molar-refractivity contribution >= 4 is 0 Å². The maximum Gasteiger partial charge on any atom is 0.204 e. The maximum atomic E-state index is 7.20. The summed E-state index contributed by atoms with van der Waals surface area (Å²) in [7, 11) is 11.1. The third-order valence-electron chi connectivity index (χ3n) is 11.0. The van der Waals surface area contributed by atoms with E-state index in [1.807, 2.05) is 23.0 Å². The number of fused-ring (bicyclic) bond motifs is 2. The molecule has 0 saturated carbocycles. The first-order valence-corrected chi connectivity index (χ1v) is 17.9. The zero-order valence-corrected chi connectivity index (χ0v) is 30.8. The quantitative estimate of drug-likeness (QED) is 0.180. The van der Waals surface area contributed by atoms with E-state index in [9.17, 15) is 0 Å². The van der Waals surface area contributed by atoms with Crippen LogP contribution >= 0.6 is 0 Å². The first-order chi connectivity index (χ1) is 25.4. The van der Waals surface area contributed by atoms with Crippen LogP contribution in [0.15, 0.2) is 73.1 Å². The Kier molecular flexibility index (Phi) is 9.19. The minimum absolute atomic E-state index is 0.0724. The highest BCUT2D eigenvalue weighted by Gasteiger charge is 2.37. The van der Waals surface area contributed by atoms with E-state index in [-0.39, 0.29) is 12.1 Å². The normalized spacial score (nSPS) is 18.3. The van der Waals surface area contributed by atoms with Crippen LogP contribution in [0.25, 0.3) is 0 Å². The Morgan fingerprint density at radius 2 is 1.44 bits per heavy atom. The van der Waals surface area contributed by atoms with Crippen LogP contribution in [0.3, 0.4) is 0 Å². The maximum absolute atomic E-state index is 7.20. The number of nitrogens with zero attached hydrogens (tertiary/aromatic N) is 4. The van der Waals surface area contributed by atoms with Gasteiger partial charge in [0.25, 0.3) is 0 Å². The van der Waals surface area contributed by atoms with Crippen LogP contribution < -0.4 is 28.4 Å². The molecule has 1 aromatic heterocycles. The van der Waals surface area contributed by atoms with Crippen molar-refractivity contribution in [3.63, 3.8) is 0 Å². The summed E-state index contributed by atoms with van der Waals surface area (Å²) < 4.78 is 40.0. The molecule has 0 N–H and O–H groups in total. The lowest BCUT2D eigenvalue weighted by Gasteiger charge is -2.38. The predicted molar refractivity (Wildman–Crippen MR) is 199 cm³/mol. The number of likely N-dealkylation sites (N-methyl/N-ethyl adjacent to an activating group) is 2. The Balaban J connectivity index is 1.39. The van der Waals surface area contributed by atoms with Gasteiger partial charge in [-0.3, -0.25) is 14.5 Å². The van der Waals surface area contributed by atoms with E-state index in [0.717, 1.165) is 54.8 Å². The largest absolute Gasteiger partial charge is 0.493 e. The molecule has 0 radical (unpaired) electrons. The summed E-state index contributed by atoms with van der Waals surface area (Å²) in [4.78, 5) is 4.83. The second-order valence-electron chi connectivity index (χ2n) is 13.9. The average molecular weight is 703 g/mol. The number of benzene rings is 4. The van der Waals surface area contributed by atoms with Gasteiger partial charge in [0.15, 0.2) is 34.5 Å². The topological polar surface area (TPSA) is 79.7 Å². The zero-order chi connectivity index (χ0) is 35.9. The number of rotatable bonds is 6. The van der Waals surface area contributed by atoms with Crippen LogP contribution in [-0.2, 0) is 32.2 Å². The van der Waals surface area contributed by atoms with Crippen molar-refractivity contribution in [2.45, 2.75) is 44.3 Å². The molecular formula is C42H46N4O6. The van der Waals surface area contributed by atoms with Gasteiger partial charge in [0, 0.05) is 48.7 Å². The molecule has 10 heteroatoms. The minimum Gasteiger partial charge on any atom is -0.493 e. The van der Waals surface area contributed by atoms with Gasteiger partial charge in [0.2, 0.25) is 5.75 Å². The third-order valence-corrected chi connectivity index (χ3v) is 11.0. The number of ether oxygens (including phenoxy) is 6. The number of hydrogen-bond acceptors (Lipinski definition) is 9. The molecule has 0 spiro atoms. The van der Waals surface area contributed by atoms with Crippen molar-refractivity contribution in [2.75, 3.05) is 55.6 Å². The fourth-order valence-corrected chi connectivity index (χ4v) is 8.23. The monoisotopic (exact) mass is 702 g/mol. The smallest absolute Gasteiger partial charge is 0.204 e. The molecule has 52 heavy (non-hydrogen) atoms. The van der Waals surface area contributed by atoms with Gasteiger partial charge in [-0.25, -0.2) is 0 Å². The van der Waals surface area contributed by atoms with Crippen molar-refractivity contribution in [1.29, 1.82) is 0 Å². The van der Waals surface area contributed by atoms with E-state index in [1.165, 1.54) is 22.3 Å². The Morgan fingerprint density at radius 1 is 0.731 bits per heavy atom. The summed E-state index contributed by atoms with van der Waals surface area (Å²) >= 11 is 0. The molecule has 0 saturated heterocycles. The molecule has 9 rings (SSSR count). The molecule has 0 aliphatic carbocycles. The van der Waals surface area contributed by atoms with Crippen molar-refractivity contribution in [2.24, 2.45) is 0 Å². The molecule has 4 aliphatic heterocycles. The highest BCUT2D eigenvalue weighted by Crippen LogP contribution is 2.54. The van der Waals surface area contributed by atoms with Crippen molar-refractivity contribution in [1.82, 2.24) is 19.6 Å². The Bertz CT molecular complexity index is 2080. The van der Waals surface area contributed by atoms with E-state index in [2.05, 4.69) is 77.5 Å². The van der Waals surface area contributed by atoms with Gasteiger partial charge in [-0.15, -0.1) is 0 Å². The Hall–Kier alpha value is -5.19. The van der Waals surface area contributed by atoms with Crippen LogP contribution in [0.2, 0.25) is 0 Å². The summed E-state index contributed by atoms with van der Waals surface area (Å²) in [6.07, 6.45) is 7.01. The fourth-order valence-electron chi connectivity index (χ4n) is 8.23. The Morgan fingerprint density at radius 3 is 2.17 bits per heavy atom. The second-order valence-corrected chi connectivity index (χ2v) is 13.9. The van der Waals surface area contributed by atoms with Crippen molar-refractivity contribution in [3.05, 3.63) is 112 Å². The van der Waals surface area contributed by atoms with Gasteiger partial charge >= 0.3 is 0 Å². The average Bonchev–Trinajstić information content (AvgIpc) is 3.68. The van der Waals surface area contributed by atoms with E-state index in [4.69, 9.17) is 28.4 Å². The van der Waals surface area contributed by atoms with E-state index in [1.54, 1.807) is 34.6 Å². The van der Waals surface area contributed by atoms with Crippen molar-refractivity contribution in [3.8, 4) is 46.0 Å². The van der Waals surface area contributed by atoms with Gasteiger partial charge in [-0.2, -0.15) is 5.10 Å². The number of methoxy groups -OCH3 is 4. The summed E-state index contributed by atoms with van der Waals surface area (Å²) in [5.41, 5.74) is 8.10. The summed E-state index contributed by atoms with van der Waals surface area (Å²) in [6.45, 7) is 2.32. The highest BCUT2D eigenvalue weighted by molar-refractivity contribution is 5.67. The molecule has 5 aromatic rings. The summed E-state index contributed by atoms with van der Waals surface area (Å²) in [5.74, 6) is 5.28. The van der Waals surface area contributed by atoms with Gasteiger partial charge in [-0.05, 0) is 110 Å². The lowest BCUT2D eigenvalue weighted by Crippen LogP contribution is -2.35. The second kappa shape index (κ2) is 14.1. The third kappa shape index (κ3) is 6.09. The number of hydrogen-bond donors (Lipinski definition) is 0. The molecule has 10 nitrogen and oxygen atoms in total. The molecule has 270 valence electrons. The molecule has 0 amide bonds. The summed E-state index contributed by atoms with van der Waals surface area (Å²) in [6, 6.07) is 21.0. The van der Waals surface area contributed by atoms with E-state index < -0.39 is 0 Å². The molecule has 4 aromatic carbocycles. The van der Waals surface area contributed by atoms with Crippen LogP contribution in [0.4, 0.5) is 0 Å². The molecule has 2 atom stereocenters. The van der Waals surface area contributed by atoms with E-state index in [0.29, 0.717) is 53.2 Å². The zero-order valence-electron chi connectivity index (χ0n) is 30.8. The number of aromatic nitrogens is 2. The van der Waals surface area contributed by atoms with Crippen LogP contribution in [0, 0.1) is 0 Å². The first-order valence-electron chi connectivity index (χ1n) is 17.9. The summed E-state index contributed by atoms with van der Waals surface area (Å²) in [5, 5.41) is 4.56. The van der Waals surface area contributed by atoms with Crippen LogP contribution in [-0.4, -0.2) is 75.2 Å². The van der Waals surface area contributed by atoms with Crippen molar-refractivity contribution < 1.29 is 28.4 Å². The van der Waals surface area contributed by atoms with Gasteiger partial charge in [0.05, 0.1) is 35.0 Å². The van der Waals surface area contributed by atoms with Gasteiger partial charge in [-0.1, -0.05) is 18.2 Å². The van der Waals surface area contributed by atoms with Crippen LogP contribution in [0.5, 0.6) is 46.0 Å². The molecule has 5 heterocycles. The minimum atomic E-state index is -0.0724. The lowest BCUT2D eigenvalue weighted by molar-refractivity contribution is 0.219. The highest BCUT2D eigenvalue weighted by atomic mass is 16.5. The molecule has 0 fully saturated rings. The predicted octanol–water partition coefficient (Wildman–Crippen LogP) is 7.41. The fraction of sp³-hybridized carbons (Fsp3) is 0.357. The first kappa shape index (κ1) is 33.9. The van der Waals surface area contributed by atoms with Gasteiger partial charge in [0.1, 0.15) is 5.75 Å².